The minimum Gasteiger partial charge on any atom is -0.481 e. The van der Waals surface area contributed by atoms with Crippen molar-refractivity contribution >= 4 is 29.2 Å². The largest absolute Gasteiger partial charge is 0.481 e. The molecule has 2 amide bonds. The number of benzene rings is 1. The van der Waals surface area contributed by atoms with Crippen LogP contribution in [-0.4, -0.2) is 47.6 Å². The molecule has 34 heavy (non-hydrogen) atoms. The number of aromatic nitrogens is 1. The number of ether oxygens (including phenoxy) is 1. The lowest BCUT2D eigenvalue weighted by molar-refractivity contribution is -0.128. The number of pyridine rings is 1. The van der Waals surface area contributed by atoms with Crippen LogP contribution in [0.3, 0.4) is 0 Å². The third-order valence-electron chi connectivity index (χ3n) is 6.40. The second-order valence-electron chi connectivity index (χ2n) is 9.23. The zero-order valence-electron chi connectivity index (χ0n) is 19.8. The summed E-state index contributed by atoms with van der Waals surface area (Å²) in [4.78, 5) is 31.9. The number of halogens is 1. The molecule has 182 valence electrons. The van der Waals surface area contributed by atoms with E-state index in [2.05, 4.69) is 27.4 Å². The maximum atomic E-state index is 12.8. The van der Waals surface area contributed by atoms with Crippen LogP contribution in [0.4, 0.5) is 5.82 Å². The molecule has 4 rings (SSSR count). The van der Waals surface area contributed by atoms with Gasteiger partial charge in [0.15, 0.2) is 6.10 Å². The lowest BCUT2D eigenvalue weighted by atomic mass is 9.93. The summed E-state index contributed by atoms with van der Waals surface area (Å²) >= 11 is 5.92. The monoisotopic (exact) mass is 484 g/mol. The van der Waals surface area contributed by atoms with Crippen LogP contribution in [0.25, 0.3) is 0 Å². The van der Waals surface area contributed by atoms with Crippen LogP contribution in [0.1, 0.15) is 62.7 Å². The summed E-state index contributed by atoms with van der Waals surface area (Å²) in [6, 6.07) is 11.5. The summed E-state index contributed by atoms with van der Waals surface area (Å²) < 4.78 is 5.77. The van der Waals surface area contributed by atoms with Crippen LogP contribution in [0.15, 0.2) is 42.6 Å². The molecule has 1 aromatic carbocycles. The van der Waals surface area contributed by atoms with E-state index in [1.165, 1.54) is 0 Å². The van der Waals surface area contributed by atoms with Crippen molar-refractivity contribution < 1.29 is 14.3 Å². The third-order valence-corrected chi connectivity index (χ3v) is 6.65. The molecule has 8 heteroatoms. The van der Waals surface area contributed by atoms with E-state index in [1.54, 1.807) is 37.4 Å². The molecule has 1 saturated heterocycles. The van der Waals surface area contributed by atoms with Crippen molar-refractivity contribution in [2.45, 2.75) is 76.6 Å². The van der Waals surface area contributed by atoms with Gasteiger partial charge in [0.1, 0.15) is 11.6 Å². The highest BCUT2D eigenvalue weighted by Gasteiger charge is 2.31. The summed E-state index contributed by atoms with van der Waals surface area (Å²) in [6.45, 7) is 4.72. The van der Waals surface area contributed by atoms with Crippen molar-refractivity contribution in [3.05, 3.63) is 53.2 Å². The molecule has 2 N–H and O–H groups in total. The van der Waals surface area contributed by atoms with Crippen LogP contribution in [-0.2, 0) is 4.79 Å². The summed E-state index contributed by atoms with van der Waals surface area (Å²) in [5.41, 5.74) is 0.597. The highest BCUT2D eigenvalue weighted by molar-refractivity contribution is 6.30. The van der Waals surface area contributed by atoms with E-state index in [4.69, 9.17) is 16.3 Å². The molecule has 0 radical (unpaired) electrons. The Kier molecular flexibility index (Phi) is 7.93. The molecule has 2 heterocycles. The average Bonchev–Trinajstić information content (AvgIpc) is 3.65. The number of hydrogen-bond acceptors (Lipinski definition) is 5. The minimum atomic E-state index is -0.597. The molecule has 3 atom stereocenters. The van der Waals surface area contributed by atoms with Gasteiger partial charge in [-0.2, -0.15) is 0 Å². The Morgan fingerprint density at radius 3 is 2.53 bits per heavy atom. The van der Waals surface area contributed by atoms with E-state index in [0.717, 1.165) is 50.9 Å². The van der Waals surface area contributed by atoms with Crippen molar-refractivity contribution in [3.8, 4) is 5.75 Å². The molecule has 2 aliphatic rings. The van der Waals surface area contributed by atoms with Gasteiger partial charge in [0, 0.05) is 35.9 Å². The third kappa shape index (κ3) is 6.41. The molecule has 1 saturated carbocycles. The quantitative estimate of drug-likeness (QED) is 0.553. The number of carbonyl (C=O) groups is 2. The fraction of sp³-hybridized carbons (Fsp3) is 0.500. The first-order valence-corrected chi connectivity index (χ1v) is 12.6. The van der Waals surface area contributed by atoms with Gasteiger partial charge in [-0.05, 0) is 75.4 Å². The van der Waals surface area contributed by atoms with Crippen LogP contribution < -0.4 is 20.3 Å². The molecule has 1 aliphatic carbocycles. The maximum absolute atomic E-state index is 12.8. The number of rotatable bonds is 9. The lowest BCUT2D eigenvalue weighted by Crippen LogP contribution is -2.52. The van der Waals surface area contributed by atoms with Crippen molar-refractivity contribution in [2.24, 2.45) is 0 Å². The van der Waals surface area contributed by atoms with Gasteiger partial charge in [-0.3, -0.25) is 9.59 Å². The molecule has 1 aromatic heterocycles. The Hall–Kier alpha value is -2.80. The van der Waals surface area contributed by atoms with Crippen molar-refractivity contribution in [1.29, 1.82) is 0 Å². The Labute approximate surface area is 206 Å². The number of nitrogens with one attached hydrogen (secondary N) is 2. The summed E-state index contributed by atoms with van der Waals surface area (Å²) in [5.74, 6) is 1.33. The molecule has 0 bridgehead atoms. The van der Waals surface area contributed by atoms with Crippen molar-refractivity contribution in [3.63, 3.8) is 0 Å². The Morgan fingerprint density at radius 1 is 1.12 bits per heavy atom. The number of nitrogens with zero attached hydrogens (tertiary/aromatic N) is 2. The standard InChI is InChI=1S/C26H33ClN4O3/c1-3-4-22-15-21(30-25(32)17(2)34-23-10-6-19(27)7-11-23)13-14-31(22)24-12-5-18(16-28-24)26(33)29-20-8-9-20/h5-7,10-12,16-17,20-22H,3-4,8-9,13-15H2,1-2H3,(H,29,33)(H,30,32). The molecule has 1 aliphatic heterocycles. The lowest BCUT2D eigenvalue weighted by Gasteiger charge is -2.40. The zero-order chi connectivity index (χ0) is 24.1. The van der Waals surface area contributed by atoms with Crippen molar-refractivity contribution in [2.75, 3.05) is 11.4 Å². The van der Waals surface area contributed by atoms with Crippen LogP contribution in [0, 0.1) is 0 Å². The topological polar surface area (TPSA) is 83.6 Å². The predicted octanol–water partition coefficient (Wildman–Crippen LogP) is 4.35. The highest BCUT2D eigenvalue weighted by Crippen LogP contribution is 2.27. The SMILES string of the molecule is CCCC1CC(NC(=O)C(C)Oc2ccc(Cl)cc2)CCN1c1ccc(C(=O)NC2CC2)cn1. The number of piperidine rings is 1. The predicted molar refractivity (Wildman–Crippen MR) is 133 cm³/mol. The normalized spacial score (nSPS) is 21.0. The first-order valence-electron chi connectivity index (χ1n) is 12.2. The van der Waals surface area contributed by atoms with Crippen LogP contribution in [0.2, 0.25) is 5.02 Å². The smallest absolute Gasteiger partial charge is 0.260 e. The molecular weight excluding hydrogens is 452 g/mol. The fourth-order valence-electron chi connectivity index (χ4n) is 4.37. The van der Waals surface area contributed by atoms with Gasteiger partial charge in [-0.1, -0.05) is 24.9 Å². The second kappa shape index (κ2) is 11.1. The van der Waals surface area contributed by atoms with E-state index >= 15 is 0 Å². The highest BCUT2D eigenvalue weighted by atomic mass is 35.5. The Balaban J connectivity index is 1.33. The fourth-order valence-corrected chi connectivity index (χ4v) is 4.49. The van der Waals surface area contributed by atoms with E-state index in [9.17, 15) is 9.59 Å². The Bertz CT molecular complexity index is 979. The Morgan fingerprint density at radius 2 is 1.88 bits per heavy atom. The van der Waals surface area contributed by atoms with Gasteiger partial charge < -0.3 is 20.3 Å². The number of amides is 2. The van der Waals surface area contributed by atoms with Gasteiger partial charge in [0.25, 0.3) is 11.8 Å². The van der Waals surface area contributed by atoms with Gasteiger partial charge in [0.05, 0.1) is 5.56 Å². The average molecular weight is 485 g/mol. The molecule has 2 fully saturated rings. The van der Waals surface area contributed by atoms with Gasteiger partial charge in [-0.15, -0.1) is 0 Å². The number of anilines is 1. The first-order chi connectivity index (χ1) is 16.4. The van der Waals surface area contributed by atoms with Gasteiger partial charge in [0.2, 0.25) is 0 Å². The summed E-state index contributed by atoms with van der Waals surface area (Å²) in [6.07, 6.45) is 6.92. The summed E-state index contributed by atoms with van der Waals surface area (Å²) in [7, 11) is 0. The zero-order valence-corrected chi connectivity index (χ0v) is 20.6. The van der Waals surface area contributed by atoms with Gasteiger partial charge in [-0.25, -0.2) is 4.98 Å². The molecular formula is C26H33ClN4O3. The molecule has 0 spiro atoms. The van der Waals surface area contributed by atoms with Gasteiger partial charge >= 0.3 is 0 Å². The molecule has 3 unspecified atom stereocenters. The molecule has 7 nitrogen and oxygen atoms in total. The second-order valence-corrected chi connectivity index (χ2v) is 9.67. The summed E-state index contributed by atoms with van der Waals surface area (Å²) in [5, 5.41) is 6.80. The van der Waals surface area contributed by atoms with Crippen molar-refractivity contribution in [1.82, 2.24) is 15.6 Å². The maximum Gasteiger partial charge on any atom is 0.260 e. The van der Waals surface area contributed by atoms with E-state index in [-0.39, 0.29) is 23.9 Å². The number of carbonyl (C=O) groups excluding carboxylic acids is 2. The van der Waals surface area contributed by atoms with Crippen LogP contribution in [0.5, 0.6) is 5.75 Å². The molecule has 2 aromatic rings. The van der Waals surface area contributed by atoms with E-state index in [0.29, 0.717) is 22.4 Å². The van der Waals surface area contributed by atoms with E-state index < -0.39 is 6.10 Å². The first kappa shape index (κ1) is 24.3. The van der Waals surface area contributed by atoms with Crippen LogP contribution >= 0.6 is 11.6 Å². The minimum absolute atomic E-state index is 0.0528. The number of hydrogen-bond donors (Lipinski definition) is 2. The van der Waals surface area contributed by atoms with E-state index in [1.807, 2.05) is 12.1 Å².